The van der Waals surface area contributed by atoms with Crippen molar-refractivity contribution in [2.45, 2.75) is 12.5 Å². The van der Waals surface area contributed by atoms with Gasteiger partial charge in [-0.1, -0.05) is 88.6 Å². The van der Waals surface area contributed by atoms with Crippen molar-refractivity contribution in [3.05, 3.63) is 93.4 Å². The smallest absolute Gasteiger partial charge is 0.319 e. The van der Waals surface area contributed by atoms with Crippen molar-refractivity contribution >= 4 is 68.9 Å². The number of benzene rings is 3. The number of carbonyl (C=O) groups excluding carboxylic acids is 2. The average molecular weight is 547 g/mol. The van der Waals surface area contributed by atoms with Gasteiger partial charge in [0.25, 0.3) is 0 Å². The Morgan fingerprint density at radius 2 is 1.63 bits per heavy atom. The lowest BCUT2D eigenvalue weighted by molar-refractivity contribution is -0.117. The number of nitrogens with one attached hydrogen (secondary N) is 3. The van der Waals surface area contributed by atoms with E-state index in [2.05, 4.69) is 26.1 Å². The maximum absolute atomic E-state index is 13.1. The molecule has 178 valence electrons. The molecule has 0 aliphatic carbocycles. The molecule has 3 aromatic carbocycles. The van der Waals surface area contributed by atoms with Gasteiger partial charge in [0.15, 0.2) is 0 Å². The quantitative estimate of drug-likeness (QED) is 0.245. The highest BCUT2D eigenvalue weighted by atomic mass is 35.5. The second kappa shape index (κ2) is 11.5. The number of nitrogens with zero attached hydrogens (tertiary/aromatic N) is 2. The fraction of sp³-hybridized carbons (Fsp3) is 0.0833. The first kappa shape index (κ1) is 24.9. The fourth-order valence-corrected chi connectivity index (χ4v) is 4.56. The fourth-order valence-electron chi connectivity index (χ4n) is 3.17. The lowest BCUT2D eigenvalue weighted by Gasteiger charge is -2.18. The molecule has 7 nitrogen and oxygen atoms in total. The van der Waals surface area contributed by atoms with E-state index in [1.54, 1.807) is 24.3 Å². The van der Waals surface area contributed by atoms with Crippen LogP contribution in [0, 0.1) is 0 Å². The van der Waals surface area contributed by atoms with Gasteiger partial charge in [0.05, 0.1) is 10.7 Å². The Hall–Kier alpha value is -3.17. The maximum Gasteiger partial charge on any atom is 0.319 e. The molecule has 0 aliphatic rings. The van der Waals surface area contributed by atoms with Crippen LogP contribution in [0.25, 0.3) is 10.6 Å². The third-order valence-corrected chi connectivity index (χ3v) is 6.48. The Kier molecular flexibility index (Phi) is 8.20. The van der Waals surface area contributed by atoms with Gasteiger partial charge >= 0.3 is 6.03 Å². The van der Waals surface area contributed by atoms with Crippen LogP contribution in [0.15, 0.2) is 72.8 Å². The van der Waals surface area contributed by atoms with E-state index in [9.17, 15) is 9.59 Å². The van der Waals surface area contributed by atoms with Crippen LogP contribution in [0.3, 0.4) is 0 Å². The van der Waals surface area contributed by atoms with Gasteiger partial charge in [-0.2, -0.15) is 0 Å². The van der Waals surface area contributed by atoms with Gasteiger partial charge in [-0.3, -0.25) is 10.1 Å². The third kappa shape index (κ3) is 6.93. The highest BCUT2D eigenvalue weighted by Gasteiger charge is 2.23. The molecule has 3 N–H and O–H groups in total. The van der Waals surface area contributed by atoms with Crippen LogP contribution in [0.2, 0.25) is 15.1 Å². The van der Waals surface area contributed by atoms with Gasteiger partial charge in [0.2, 0.25) is 11.0 Å². The van der Waals surface area contributed by atoms with Crippen LogP contribution >= 0.6 is 46.1 Å². The van der Waals surface area contributed by atoms with Gasteiger partial charge in [-0.05, 0) is 35.9 Å². The Morgan fingerprint density at radius 1 is 0.857 bits per heavy atom. The summed E-state index contributed by atoms with van der Waals surface area (Å²) in [6.45, 7) is 0. The molecule has 0 saturated heterocycles. The highest BCUT2D eigenvalue weighted by Crippen LogP contribution is 2.28. The molecular formula is C24H18Cl3N5O2S. The van der Waals surface area contributed by atoms with Crippen molar-refractivity contribution < 1.29 is 9.59 Å². The molecule has 4 aromatic rings. The molecule has 0 aliphatic heterocycles. The van der Waals surface area contributed by atoms with Crippen LogP contribution in [0.4, 0.5) is 15.6 Å². The summed E-state index contributed by atoms with van der Waals surface area (Å²) in [6, 6.07) is 19.7. The average Bonchev–Trinajstić information content (AvgIpc) is 3.30. The van der Waals surface area contributed by atoms with Crippen molar-refractivity contribution in [1.29, 1.82) is 0 Å². The van der Waals surface area contributed by atoms with E-state index in [1.165, 1.54) is 17.4 Å². The van der Waals surface area contributed by atoms with Crippen LogP contribution < -0.4 is 16.0 Å². The normalized spacial score (nSPS) is 11.5. The van der Waals surface area contributed by atoms with Crippen molar-refractivity contribution in [1.82, 2.24) is 15.5 Å². The Morgan fingerprint density at radius 3 is 2.37 bits per heavy atom. The molecule has 1 aromatic heterocycles. The molecule has 0 radical (unpaired) electrons. The van der Waals surface area contributed by atoms with Gasteiger partial charge in [0.1, 0.15) is 11.0 Å². The molecule has 0 spiro atoms. The summed E-state index contributed by atoms with van der Waals surface area (Å²) in [5.41, 5.74) is 2.02. The lowest BCUT2D eigenvalue weighted by atomic mass is 10.1. The molecule has 1 heterocycles. The second-order valence-electron chi connectivity index (χ2n) is 7.38. The van der Waals surface area contributed by atoms with E-state index in [0.29, 0.717) is 25.9 Å². The van der Waals surface area contributed by atoms with E-state index < -0.39 is 18.0 Å². The second-order valence-corrected chi connectivity index (χ2v) is 9.63. The molecule has 0 saturated carbocycles. The monoisotopic (exact) mass is 545 g/mol. The summed E-state index contributed by atoms with van der Waals surface area (Å²) in [6.07, 6.45) is 0.258. The van der Waals surface area contributed by atoms with Gasteiger partial charge in [-0.25, -0.2) is 4.79 Å². The zero-order chi connectivity index (χ0) is 24.8. The van der Waals surface area contributed by atoms with Gasteiger partial charge < -0.3 is 10.6 Å². The number of carbonyl (C=O) groups is 2. The molecule has 35 heavy (non-hydrogen) atoms. The lowest BCUT2D eigenvalue weighted by Crippen LogP contribution is -2.47. The van der Waals surface area contributed by atoms with E-state index in [0.717, 1.165) is 11.1 Å². The first-order valence-electron chi connectivity index (χ1n) is 10.3. The summed E-state index contributed by atoms with van der Waals surface area (Å²) < 4.78 is 0. The van der Waals surface area contributed by atoms with Crippen LogP contribution in [-0.4, -0.2) is 28.2 Å². The number of hydrogen-bond acceptors (Lipinski definition) is 5. The first-order valence-corrected chi connectivity index (χ1v) is 12.3. The molecule has 1 atom stereocenters. The minimum atomic E-state index is -0.901. The minimum Gasteiger partial charge on any atom is -0.326 e. The van der Waals surface area contributed by atoms with E-state index in [-0.39, 0.29) is 11.4 Å². The Labute approximate surface area is 220 Å². The largest absolute Gasteiger partial charge is 0.326 e. The summed E-state index contributed by atoms with van der Waals surface area (Å²) in [5.74, 6) is -0.444. The number of amides is 3. The third-order valence-electron chi connectivity index (χ3n) is 4.81. The number of anilines is 2. The predicted molar refractivity (Wildman–Crippen MR) is 142 cm³/mol. The summed E-state index contributed by atoms with van der Waals surface area (Å²) in [4.78, 5) is 25.8. The molecule has 3 amide bonds. The minimum absolute atomic E-state index is 0.258. The van der Waals surface area contributed by atoms with Crippen molar-refractivity contribution in [3.63, 3.8) is 0 Å². The Balaban J connectivity index is 1.48. The molecule has 4 rings (SSSR count). The molecule has 0 unspecified atom stereocenters. The van der Waals surface area contributed by atoms with E-state index in [4.69, 9.17) is 34.8 Å². The number of rotatable bonds is 7. The van der Waals surface area contributed by atoms with E-state index >= 15 is 0 Å². The predicted octanol–water partition coefficient (Wildman–Crippen LogP) is 6.54. The SMILES string of the molecule is O=C(Nc1ccc(Cl)cc1Cl)N[C@@H](Cc1ccccc1)C(=O)Nc1nnc(-c2cccc(Cl)c2)s1. The molecule has 11 heteroatoms. The summed E-state index contributed by atoms with van der Waals surface area (Å²) in [7, 11) is 0. The van der Waals surface area contributed by atoms with Crippen molar-refractivity contribution in [2.24, 2.45) is 0 Å². The van der Waals surface area contributed by atoms with Crippen LogP contribution in [0.1, 0.15) is 5.56 Å². The number of aromatic nitrogens is 2. The standard InChI is InChI=1S/C24H18Cl3N5O2S/c25-16-8-4-7-15(12-16)22-31-32-24(35-22)30-21(33)20(11-14-5-2-1-3-6-14)29-23(34)28-19-10-9-17(26)13-18(19)27/h1-10,12-13,20H,11H2,(H2,28,29,34)(H,30,32,33)/t20-/m0/s1. The zero-order valence-corrected chi connectivity index (χ0v) is 21.1. The van der Waals surface area contributed by atoms with Gasteiger partial charge in [0, 0.05) is 22.0 Å². The summed E-state index contributed by atoms with van der Waals surface area (Å²) >= 11 is 19.3. The zero-order valence-electron chi connectivity index (χ0n) is 18.0. The molecule has 0 bridgehead atoms. The number of urea groups is 1. The van der Waals surface area contributed by atoms with Crippen molar-refractivity contribution in [2.75, 3.05) is 10.6 Å². The topological polar surface area (TPSA) is 96.0 Å². The Bertz CT molecular complexity index is 1350. The maximum atomic E-state index is 13.1. The van der Waals surface area contributed by atoms with Crippen molar-refractivity contribution in [3.8, 4) is 10.6 Å². The molecule has 0 fully saturated rings. The first-order chi connectivity index (χ1) is 16.9. The molecular weight excluding hydrogens is 529 g/mol. The number of halogens is 3. The van der Waals surface area contributed by atoms with E-state index in [1.807, 2.05) is 42.5 Å². The van der Waals surface area contributed by atoms with Crippen LogP contribution in [-0.2, 0) is 11.2 Å². The van der Waals surface area contributed by atoms with Gasteiger partial charge in [-0.15, -0.1) is 10.2 Å². The number of hydrogen-bond donors (Lipinski definition) is 3. The summed E-state index contributed by atoms with van der Waals surface area (Å²) in [5, 5.41) is 18.5. The highest BCUT2D eigenvalue weighted by molar-refractivity contribution is 7.18. The van der Waals surface area contributed by atoms with Crippen LogP contribution in [0.5, 0.6) is 0 Å².